The average molecular weight is 365 g/mol. The highest BCUT2D eigenvalue weighted by atomic mass is 35.5. The lowest BCUT2D eigenvalue weighted by Crippen LogP contribution is -2.61. The minimum atomic E-state index is -3.81. The van der Waals surface area contributed by atoms with E-state index in [2.05, 4.69) is 0 Å². The molecule has 0 aliphatic carbocycles. The third-order valence-corrected chi connectivity index (χ3v) is 6.46. The maximum Gasteiger partial charge on any atom is 0.289 e. The molecule has 0 bridgehead atoms. The molecule has 3 rings (SSSR count). The molecule has 2 fully saturated rings. The predicted molar refractivity (Wildman–Crippen MR) is 78.7 cm³/mol. The quantitative estimate of drug-likeness (QED) is 0.813. The number of rotatable bonds is 3. The van der Waals surface area contributed by atoms with Crippen molar-refractivity contribution in [2.45, 2.75) is 10.9 Å². The van der Waals surface area contributed by atoms with Gasteiger partial charge in [0.25, 0.3) is 5.24 Å². The van der Waals surface area contributed by atoms with Crippen LogP contribution in [0.25, 0.3) is 0 Å². The molecule has 2 heterocycles. The van der Waals surface area contributed by atoms with E-state index < -0.39 is 21.9 Å². The first kappa shape index (κ1) is 15.7. The number of nitrogens with zero attached hydrogens (tertiary/aromatic N) is 2. The van der Waals surface area contributed by atoms with E-state index in [1.165, 1.54) is 0 Å². The molecule has 0 radical (unpaired) electrons. The van der Waals surface area contributed by atoms with Gasteiger partial charge in [0.15, 0.2) is 0 Å². The minimum Gasteiger partial charge on any atom is -0.273 e. The lowest BCUT2D eigenvalue weighted by atomic mass is 10.1. The Morgan fingerprint density at radius 2 is 1.95 bits per heavy atom. The molecule has 2 aliphatic rings. The molecule has 0 unspecified atom stereocenters. The van der Waals surface area contributed by atoms with Crippen molar-refractivity contribution < 1.29 is 22.4 Å². The Labute approximate surface area is 135 Å². The van der Waals surface area contributed by atoms with Crippen LogP contribution in [0.5, 0.6) is 0 Å². The second-order valence-electron chi connectivity index (χ2n) is 4.87. The third-order valence-electron chi connectivity index (χ3n) is 3.51. The van der Waals surface area contributed by atoms with Crippen LogP contribution in [0, 0.1) is 5.82 Å². The third kappa shape index (κ3) is 2.51. The van der Waals surface area contributed by atoms with E-state index in [0.29, 0.717) is 0 Å². The topological polar surface area (TPSA) is 74.8 Å². The van der Waals surface area contributed by atoms with Crippen LogP contribution in [-0.2, 0) is 14.8 Å². The molecule has 0 spiro atoms. The molecule has 1 aromatic carbocycles. The van der Waals surface area contributed by atoms with Crippen LogP contribution in [0.4, 0.5) is 9.18 Å². The van der Waals surface area contributed by atoms with Crippen LogP contribution >= 0.6 is 23.4 Å². The van der Waals surface area contributed by atoms with Gasteiger partial charge in [-0.1, -0.05) is 23.4 Å². The molecule has 0 N–H and O–H groups in total. The second kappa shape index (κ2) is 5.48. The van der Waals surface area contributed by atoms with Gasteiger partial charge in [-0.3, -0.25) is 14.5 Å². The Morgan fingerprint density at radius 3 is 2.50 bits per heavy atom. The summed E-state index contributed by atoms with van der Waals surface area (Å²) in [6.45, 7) is 0.0741. The van der Waals surface area contributed by atoms with Crippen LogP contribution in [-0.4, -0.2) is 53.7 Å². The number of thioether (sulfide) groups is 1. The van der Waals surface area contributed by atoms with Gasteiger partial charge in [-0.25, -0.2) is 12.8 Å². The van der Waals surface area contributed by atoms with E-state index in [9.17, 15) is 22.4 Å². The fourth-order valence-corrected chi connectivity index (χ4v) is 4.84. The molecule has 2 aliphatic heterocycles. The smallest absolute Gasteiger partial charge is 0.273 e. The van der Waals surface area contributed by atoms with E-state index in [1.54, 1.807) is 0 Å². The summed E-state index contributed by atoms with van der Waals surface area (Å²) in [7, 11) is -3.81. The van der Waals surface area contributed by atoms with Crippen LogP contribution < -0.4 is 0 Å². The summed E-state index contributed by atoms with van der Waals surface area (Å²) >= 11 is 6.51. The molecular formula is C12H10ClFN2O4S2. The zero-order valence-electron chi connectivity index (χ0n) is 11.0. The van der Waals surface area contributed by atoms with Gasteiger partial charge in [0, 0.05) is 13.1 Å². The van der Waals surface area contributed by atoms with Gasteiger partial charge in [0.2, 0.25) is 15.9 Å². The number of imide groups is 1. The number of hydrogen-bond donors (Lipinski definition) is 0. The SMILES string of the molecule is O=C1CSC(=O)N1C1CN(S(=O)(=O)c2ccc(F)c(Cl)c2)C1. The fraction of sp³-hybridized carbons (Fsp3) is 0.333. The lowest BCUT2D eigenvalue weighted by molar-refractivity contribution is -0.127. The molecule has 22 heavy (non-hydrogen) atoms. The van der Waals surface area contributed by atoms with Crippen LogP contribution in [0.15, 0.2) is 23.1 Å². The van der Waals surface area contributed by atoms with Crippen molar-refractivity contribution in [1.82, 2.24) is 9.21 Å². The number of carbonyl (C=O) groups excluding carboxylic acids is 2. The monoisotopic (exact) mass is 364 g/mol. The number of benzene rings is 1. The van der Waals surface area contributed by atoms with Gasteiger partial charge >= 0.3 is 0 Å². The first-order valence-corrected chi connectivity index (χ1v) is 9.05. The van der Waals surface area contributed by atoms with Crippen LogP contribution in [0.3, 0.4) is 0 Å². The first-order valence-electron chi connectivity index (χ1n) is 6.24. The van der Waals surface area contributed by atoms with Crippen molar-refractivity contribution in [3.63, 3.8) is 0 Å². The molecular weight excluding hydrogens is 355 g/mol. The summed E-state index contributed by atoms with van der Waals surface area (Å²) in [5, 5.41) is -0.628. The second-order valence-corrected chi connectivity index (χ2v) is 8.14. The minimum absolute atomic E-state index is 0.0371. The molecule has 2 amide bonds. The van der Waals surface area contributed by atoms with Crippen molar-refractivity contribution in [2.24, 2.45) is 0 Å². The summed E-state index contributed by atoms with van der Waals surface area (Å²) in [5.41, 5.74) is 0. The predicted octanol–water partition coefficient (Wildman–Crippen LogP) is 1.55. The maximum atomic E-state index is 13.1. The van der Waals surface area contributed by atoms with Crippen LogP contribution in [0.1, 0.15) is 0 Å². The van der Waals surface area contributed by atoms with Gasteiger partial charge in [0.05, 0.1) is 21.7 Å². The highest BCUT2D eigenvalue weighted by Gasteiger charge is 2.46. The van der Waals surface area contributed by atoms with E-state index in [4.69, 9.17) is 11.6 Å². The molecule has 10 heteroatoms. The Hall–Kier alpha value is -1.16. The van der Waals surface area contributed by atoms with Gasteiger partial charge in [-0.15, -0.1) is 0 Å². The molecule has 0 aromatic heterocycles. The Morgan fingerprint density at radius 1 is 1.27 bits per heavy atom. The molecule has 6 nitrogen and oxygen atoms in total. The van der Waals surface area contributed by atoms with Gasteiger partial charge < -0.3 is 0 Å². The van der Waals surface area contributed by atoms with Crippen molar-refractivity contribution in [3.05, 3.63) is 29.0 Å². The fourth-order valence-electron chi connectivity index (χ4n) is 2.28. The van der Waals surface area contributed by atoms with Crippen molar-refractivity contribution >= 4 is 44.5 Å². The number of sulfonamides is 1. The highest BCUT2D eigenvalue weighted by Crippen LogP contribution is 2.30. The number of hydrogen-bond acceptors (Lipinski definition) is 5. The van der Waals surface area contributed by atoms with E-state index in [1.807, 2.05) is 0 Å². The van der Waals surface area contributed by atoms with Crippen LogP contribution in [0.2, 0.25) is 5.02 Å². The van der Waals surface area contributed by atoms with Gasteiger partial charge in [-0.2, -0.15) is 4.31 Å². The number of carbonyl (C=O) groups is 2. The maximum absolute atomic E-state index is 13.1. The summed E-state index contributed by atoms with van der Waals surface area (Å²) in [4.78, 5) is 24.1. The Bertz CT molecular complexity index is 748. The first-order chi connectivity index (χ1) is 10.3. The van der Waals surface area contributed by atoms with Gasteiger partial charge in [0.1, 0.15) is 5.82 Å². The Kier molecular flexibility index (Phi) is 3.92. The summed E-state index contributed by atoms with van der Waals surface area (Å²) in [6.07, 6.45) is 0. The van der Waals surface area contributed by atoms with Crippen molar-refractivity contribution in [3.8, 4) is 0 Å². The van der Waals surface area contributed by atoms with Gasteiger partial charge in [-0.05, 0) is 18.2 Å². The standard InChI is InChI=1S/C12H10ClFN2O4S2/c13-9-3-8(1-2-10(9)14)22(19,20)15-4-7(5-15)16-11(17)6-21-12(16)18/h1-3,7H,4-6H2. The highest BCUT2D eigenvalue weighted by molar-refractivity contribution is 8.14. The molecule has 0 atom stereocenters. The largest absolute Gasteiger partial charge is 0.289 e. The summed E-state index contributed by atoms with van der Waals surface area (Å²) < 4.78 is 38.9. The average Bonchev–Trinajstić information content (AvgIpc) is 2.72. The zero-order valence-corrected chi connectivity index (χ0v) is 13.4. The molecule has 118 valence electrons. The molecule has 2 saturated heterocycles. The number of amides is 2. The number of halogens is 2. The molecule has 0 saturated carbocycles. The van der Waals surface area contributed by atoms with E-state index in [0.717, 1.165) is 39.2 Å². The normalized spacial score (nSPS) is 20.5. The zero-order chi connectivity index (χ0) is 16.1. The summed E-state index contributed by atoms with van der Waals surface area (Å²) in [5.74, 6) is -0.912. The van der Waals surface area contributed by atoms with Crippen molar-refractivity contribution in [1.29, 1.82) is 0 Å². The lowest BCUT2D eigenvalue weighted by Gasteiger charge is -2.41. The molecule has 1 aromatic rings. The van der Waals surface area contributed by atoms with Crippen molar-refractivity contribution in [2.75, 3.05) is 18.8 Å². The summed E-state index contributed by atoms with van der Waals surface area (Å²) in [6, 6.07) is 2.71. The van der Waals surface area contributed by atoms with E-state index in [-0.39, 0.29) is 39.9 Å². The Balaban J connectivity index is 1.75. The van der Waals surface area contributed by atoms with E-state index >= 15 is 0 Å².